The van der Waals surface area contributed by atoms with Crippen LogP contribution in [-0.2, 0) is 11.3 Å². The van der Waals surface area contributed by atoms with Crippen molar-refractivity contribution >= 4 is 15.9 Å². The number of nitrogens with one attached hydrogen (secondary N) is 1. The van der Waals surface area contributed by atoms with E-state index in [0.29, 0.717) is 19.8 Å². The Labute approximate surface area is 129 Å². The van der Waals surface area contributed by atoms with Gasteiger partial charge in [0.2, 0.25) is 0 Å². The molecule has 0 aliphatic rings. The van der Waals surface area contributed by atoms with Gasteiger partial charge in [-0.15, -0.1) is 0 Å². The van der Waals surface area contributed by atoms with Gasteiger partial charge in [0.1, 0.15) is 6.61 Å². The molecule has 0 aromatic heterocycles. The van der Waals surface area contributed by atoms with Crippen LogP contribution in [0, 0.1) is 0 Å². The first-order chi connectivity index (χ1) is 9.72. The lowest BCUT2D eigenvalue weighted by molar-refractivity contribution is 0.143. The van der Waals surface area contributed by atoms with E-state index in [1.54, 1.807) is 7.11 Å². The van der Waals surface area contributed by atoms with E-state index in [-0.39, 0.29) is 0 Å². The van der Waals surface area contributed by atoms with E-state index in [1.165, 1.54) is 5.56 Å². The largest absolute Gasteiger partial charge is 0.490 e. The summed E-state index contributed by atoms with van der Waals surface area (Å²) < 4.78 is 17.3. The molecule has 20 heavy (non-hydrogen) atoms. The molecule has 0 bridgehead atoms. The molecule has 1 aromatic rings. The van der Waals surface area contributed by atoms with Gasteiger partial charge in [-0.1, -0.05) is 6.92 Å². The van der Waals surface area contributed by atoms with Crippen LogP contribution in [0.15, 0.2) is 16.6 Å². The van der Waals surface area contributed by atoms with Crippen molar-refractivity contribution in [1.29, 1.82) is 0 Å². The van der Waals surface area contributed by atoms with E-state index in [9.17, 15) is 0 Å². The maximum Gasteiger partial charge on any atom is 0.175 e. The number of methoxy groups -OCH3 is 1. The van der Waals surface area contributed by atoms with Gasteiger partial charge in [-0.2, -0.15) is 0 Å². The molecule has 0 unspecified atom stereocenters. The van der Waals surface area contributed by atoms with Crippen molar-refractivity contribution in [3.63, 3.8) is 0 Å². The summed E-state index contributed by atoms with van der Waals surface area (Å²) in [5, 5.41) is 3.38. The highest BCUT2D eigenvalue weighted by Gasteiger charge is 2.12. The molecule has 1 N–H and O–H groups in total. The lowest BCUT2D eigenvalue weighted by atomic mass is 10.2. The highest BCUT2D eigenvalue weighted by Crippen LogP contribution is 2.36. The minimum absolute atomic E-state index is 0.503. The van der Waals surface area contributed by atoms with Crippen LogP contribution in [0.3, 0.4) is 0 Å². The van der Waals surface area contributed by atoms with Crippen LogP contribution in [-0.4, -0.2) is 33.5 Å². The predicted octanol–water partition coefficient (Wildman–Crippen LogP) is 3.37. The molecule has 0 aliphatic heterocycles. The molecule has 0 saturated heterocycles. The van der Waals surface area contributed by atoms with Crippen LogP contribution in [0.5, 0.6) is 11.5 Å². The van der Waals surface area contributed by atoms with Crippen molar-refractivity contribution in [1.82, 2.24) is 5.32 Å². The van der Waals surface area contributed by atoms with Crippen LogP contribution in [0.4, 0.5) is 0 Å². The first-order valence-electron chi connectivity index (χ1n) is 7.00. The van der Waals surface area contributed by atoms with Crippen molar-refractivity contribution in [3.05, 3.63) is 22.2 Å². The van der Waals surface area contributed by atoms with Crippen LogP contribution in [0.25, 0.3) is 0 Å². The molecule has 0 heterocycles. The van der Waals surface area contributed by atoms with Crippen LogP contribution in [0.1, 0.15) is 25.8 Å². The van der Waals surface area contributed by atoms with Gasteiger partial charge >= 0.3 is 0 Å². The molecular formula is C15H24BrNO3. The number of benzene rings is 1. The average molecular weight is 346 g/mol. The zero-order chi connectivity index (χ0) is 14.8. The molecule has 1 aromatic carbocycles. The van der Waals surface area contributed by atoms with Gasteiger partial charge in [0.25, 0.3) is 0 Å². The second kappa shape index (κ2) is 10.0. The maximum atomic E-state index is 5.72. The highest BCUT2D eigenvalue weighted by atomic mass is 79.9. The van der Waals surface area contributed by atoms with Gasteiger partial charge in [0, 0.05) is 13.7 Å². The second-order valence-electron chi connectivity index (χ2n) is 4.36. The van der Waals surface area contributed by atoms with Crippen molar-refractivity contribution < 1.29 is 14.2 Å². The monoisotopic (exact) mass is 345 g/mol. The third-order valence-electron chi connectivity index (χ3n) is 2.66. The second-order valence-corrected chi connectivity index (χ2v) is 5.21. The summed E-state index contributed by atoms with van der Waals surface area (Å²) in [5.41, 5.74) is 1.17. The molecule has 4 nitrogen and oxygen atoms in total. The fourth-order valence-corrected chi connectivity index (χ4v) is 2.37. The van der Waals surface area contributed by atoms with E-state index in [4.69, 9.17) is 14.2 Å². The Morgan fingerprint density at radius 3 is 2.60 bits per heavy atom. The zero-order valence-corrected chi connectivity index (χ0v) is 14.1. The van der Waals surface area contributed by atoms with Gasteiger partial charge in [-0.3, -0.25) is 0 Å². The summed E-state index contributed by atoms with van der Waals surface area (Å²) in [6.07, 6.45) is 1.12. The first kappa shape index (κ1) is 17.3. The lowest BCUT2D eigenvalue weighted by Gasteiger charge is -2.15. The average Bonchev–Trinajstić information content (AvgIpc) is 2.42. The molecule has 0 saturated carbocycles. The first-order valence-corrected chi connectivity index (χ1v) is 7.79. The summed E-state index contributed by atoms with van der Waals surface area (Å²) in [5.74, 6) is 1.51. The number of ether oxygens (including phenoxy) is 3. The summed E-state index contributed by atoms with van der Waals surface area (Å²) in [4.78, 5) is 0. The molecule has 114 valence electrons. The SMILES string of the molecule is CCCNCc1cc(Br)c(OCCOC)c(OCC)c1. The van der Waals surface area contributed by atoms with Crippen molar-refractivity contribution in [2.75, 3.05) is 33.5 Å². The molecule has 1 rings (SSSR count). The van der Waals surface area contributed by atoms with Crippen LogP contribution >= 0.6 is 15.9 Å². The lowest BCUT2D eigenvalue weighted by Crippen LogP contribution is -2.14. The van der Waals surface area contributed by atoms with Gasteiger partial charge in [-0.25, -0.2) is 0 Å². The highest BCUT2D eigenvalue weighted by molar-refractivity contribution is 9.10. The number of halogens is 1. The summed E-state index contributed by atoms with van der Waals surface area (Å²) in [6, 6.07) is 4.09. The smallest absolute Gasteiger partial charge is 0.175 e. The third-order valence-corrected chi connectivity index (χ3v) is 3.25. The maximum absolute atomic E-state index is 5.72. The summed E-state index contributed by atoms with van der Waals surface area (Å²) in [7, 11) is 1.66. The quantitative estimate of drug-likeness (QED) is 0.660. The molecule has 0 spiro atoms. The van der Waals surface area contributed by atoms with Gasteiger partial charge < -0.3 is 19.5 Å². The fraction of sp³-hybridized carbons (Fsp3) is 0.600. The molecular weight excluding hydrogens is 322 g/mol. The Balaban J connectivity index is 2.81. The Hall–Kier alpha value is -0.780. The normalized spacial score (nSPS) is 10.6. The molecule has 0 atom stereocenters. The van der Waals surface area contributed by atoms with E-state index in [2.05, 4.69) is 34.2 Å². The Morgan fingerprint density at radius 2 is 1.95 bits per heavy atom. The number of hydrogen-bond donors (Lipinski definition) is 1. The molecule has 0 radical (unpaired) electrons. The van der Waals surface area contributed by atoms with Gasteiger partial charge in [0.05, 0.1) is 17.7 Å². The van der Waals surface area contributed by atoms with Crippen molar-refractivity contribution in [3.8, 4) is 11.5 Å². The van der Waals surface area contributed by atoms with Crippen LogP contribution < -0.4 is 14.8 Å². The molecule has 0 amide bonds. The standard InChI is InChI=1S/C15H24BrNO3/c1-4-6-17-11-12-9-13(16)15(20-8-7-18-3)14(10-12)19-5-2/h9-10,17H,4-8,11H2,1-3H3. The summed E-state index contributed by atoms with van der Waals surface area (Å²) in [6.45, 7) is 7.62. The number of rotatable bonds is 10. The van der Waals surface area contributed by atoms with E-state index < -0.39 is 0 Å². The van der Waals surface area contributed by atoms with Crippen LogP contribution in [0.2, 0.25) is 0 Å². The number of hydrogen-bond acceptors (Lipinski definition) is 4. The molecule has 0 fully saturated rings. The minimum Gasteiger partial charge on any atom is -0.490 e. The topological polar surface area (TPSA) is 39.7 Å². The van der Waals surface area contributed by atoms with Crippen molar-refractivity contribution in [2.24, 2.45) is 0 Å². The Kier molecular flexibility index (Phi) is 8.65. The minimum atomic E-state index is 0.503. The Morgan fingerprint density at radius 1 is 1.15 bits per heavy atom. The van der Waals surface area contributed by atoms with E-state index in [1.807, 2.05) is 13.0 Å². The fourth-order valence-electron chi connectivity index (χ4n) is 1.76. The van der Waals surface area contributed by atoms with Gasteiger partial charge in [0.15, 0.2) is 11.5 Å². The van der Waals surface area contributed by atoms with Gasteiger partial charge in [-0.05, 0) is 53.5 Å². The third kappa shape index (κ3) is 5.69. The predicted molar refractivity (Wildman–Crippen MR) is 84.7 cm³/mol. The van der Waals surface area contributed by atoms with E-state index >= 15 is 0 Å². The van der Waals surface area contributed by atoms with Crippen molar-refractivity contribution in [2.45, 2.75) is 26.8 Å². The zero-order valence-electron chi connectivity index (χ0n) is 12.5. The summed E-state index contributed by atoms with van der Waals surface area (Å²) >= 11 is 3.56. The Bertz CT molecular complexity index is 399. The molecule has 0 aliphatic carbocycles. The van der Waals surface area contributed by atoms with E-state index in [0.717, 1.165) is 35.5 Å². The molecule has 5 heteroatoms.